The molecular formula is C19H24N4O5. The zero-order valence-corrected chi connectivity index (χ0v) is 16.2. The van der Waals surface area contributed by atoms with Crippen LogP contribution in [0.1, 0.15) is 42.9 Å². The van der Waals surface area contributed by atoms with Gasteiger partial charge in [-0.1, -0.05) is 19.1 Å². The Hall–Kier alpha value is -3.10. The highest BCUT2D eigenvalue weighted by Gasteiger charge is 2.35. The molecule has 0 bridgehead atoms. The van der Waals surface area contributed by atoms with Crippen LogP contribution in [0.2, 0.25) is 0 Å². The van der Waals surface area contributed by atoms with Gasteiger partial charge in [-0.25, -0.2) is 4.68 Å². The van der Waals surface area contributed by atoms with Crippen LogP contribution in [0.15, 0.2) is 18.2 Å². The van der Waals surface area contributed by atoms with Gasteiger partial charge in [0, 0.05) is 12.6 Å². The van der Waals surface area contributed by atoms with E-state index in [4.69, 9.17) is 9.47 Å². The quantitative estimate of drug-likeness (QED) is 0.745. The lowest BCUT2D eigenvalue weighted by Gasteiger charge is -2.26. The van der Waals surface area contributed by atoms with Gasteiger partial charge in [0.1, 0.15) is 13.2 Å². The predicted molar refractivity (Wildman–Crippen MR) is 100 cm³/mol. The van der Waals surface area contributed by atoms with Crippen molar-refractivity contribution in [3.8, 4) is 17.2 Å². The lowest BCUT2D eigenvalue weighted by molar-refractivity contribution is -0.149. The average Bonchev–Trinajstić information content (AvgIpc) is 3.09. The zero-order chi connectivity index (χ0) is 20.3. The minimum absolute atomic E-state index is 0.0322. The largest absolute Gasteiger partial charge is 0.486 e. The molecule has 1 aromatic heterocycles. The molecule has 1 aliphatic rings. The smallest absolute Gasteiger partial charge is 0.311 e. The predicted octanol–water partition coefficient (Wildman–Crippen LogP) is 1.97. The zero-order valence-electron chi connectivity index (χ0n) is 16.2. The monoisotopic (exact) mass is 388 g/mol. The minimum atomic E-state index is -0.991. The van der Waals surface area contributed by atoms with E-state index in [2.05, 4.69) is 15.6 Å². The number of fused-ring (bicyclic) bond motifs is 1. The van der Waals surface area contributed by atoms with Crippen molar-refractivity contribution in [2.24, 2.45) is 5.41 Å². The fraction of sp³-hybridized carbons (Fsp3) is 0.474. The third kappa shape index (κ3) is 3.51. The van der Waals surface area contributed by atoms with E-state index in [1.54, 1.807) is 39.0 Å². The van der Waals surface area contributed by atoms with Crippen LogP contribution in [0.25, 0.3) is 5.69 Å². The summed E-state index contributed by atoms with van der Waals surface area (Å²) in [5, 5.41) is 20.3. The Kier molecular flexibility index (Phi) is 5.53. The first-order chi connectivity index (χ1) is 13.4. The van der Waals surface area contributed by atoms with Crippen LogP contribution in [-0.4, -0.2) is 51.7 Å². The topological polar surface area (TPSA) is 116 Å². The van der Waals surface area contributed by atoms with E-state index in [0.29, 0.717) is 48.9 Å². The lowest BCUT2D eigenvalue weighted by atomic mass is 9.82. The summed E-state index contributed by atoms with van der Waals surface area (Å²) in [4.78, 5) is 24.2. The Balaban J connectivity index is 1.79. The lowest BCUT2D eigenvalue weighted by Crippen LogP contribution is -2.42. The highest BCUT2D eigenvalue weighted by Crippen LogP contribution is 2.32. The summed E-state index contributed by atoms with van der Waals surface area (Å²) in [6.07, 6.45) is 0.837. The molecule has 3 rings (SSSR count). The Bertz CT molecular complexity index is 888. The number of aromatic nitrogens is 3. The van der Waals surface area contributed by atoms with E-state index < -0.39 is 17.3 Å². The molecule has 1 aromatic carbocycles. The number of nitrogens with zero attached hydrogens (tertiary/aromatic N) is 3. The molecule has 0 fully saturated rings. The maximum absolute atomic E-state index is 12.6. The first-order valence-corrected chi connectivity index (χ1v) is 9.25. The Morgan fingerprint density at radius 2 is 1.89 bits per heavy atom. The second-order valence-electron chi connectivity index (χ2n) is 6.74. The number of carboxylic acids is 1. The van der Waals surface area contributed by atoms with Crippen molar-refractivity contribution in [1.29, 1.82) is 0 Å². The number of amides is 1. The molecular weight excluding hydrogens is 364 g/mol. The van der Waals surface area contributed by atoms with Crippen LogP contribution in [0.5, 0.6) is 11.5 Å². The SMILES string of the molecule is CCC(CC)(CNC(=O)c1nnn(-c2ccc3c(c2)OCCO3)c1C)C(=O)O. The molecule has 9 heteroatoms. The van der Waals surface area contributed by atoms with Gasteiger partial charge in [0.25, 0.3) is 5.91 Å². The number of ether oxygens (including phenoxy) is 2. The van der Waals surface area contributed by atoms with Crippen LogP contribution in [-0.2, 0) is 4.79 Å². The number of carbonyl (C=O) groups excluding carboxylic acids is 1. The van der Waals surface area contributed by atoms with Crippen molar-refractivity contribution in [2.45, 2.75) is 33.6 Å². The Morgan fingerprint density at radius 1 is 1.21 bits per heavy atom. The molecule has 0 radical (unpaired) electrons. The van der Waals surface area contributed by atoms with E-state index in [0.717, 1.165) is 0 Å². The standard InChI is InChI=1S/C19H24N4O5/c1-4-19(5-2,18(25)26)11-20-17(24)16-12(3)23(22-21-16)13-6-7-14-15(10-13)28-9-8-27-14/h6-7,10H,4-5,8-9,11H2,1-3H3,(H,20,24)(H,25,26). The van der Waals surface area contributed by atoms with Gasteiger partial charge >= 0.3 is 5.97 Å². The fourth-order valence-corrected chi connectivity index (χ4v) is 3.16. The first kappa shape index (κ1) is 19.7. The van der Waals surface area contributed by atoms with Gasteiger partial charge in [-0.2, -0.15) is 0 Å². The molecule has 1 aliphatic heterocycles. The second-order valence-corrected chi connectivity index (χ2v) is 6.74. The fourth-order valence-electron chi connectivity index (χ4n) is 3.16. The van der Waals surface area contributed by atoms with E-state index in [-0.39, 0.29) is 12.2 Å². The van der Waals surface area contributed by atoms with Gasteiger partial charge in [-0.15, -0.1) is 5.10 Å². The number of aliphatic carboxylic acids is 1. The van der Waals surface area contributed by atoms with Crippen LogP contribution >= 0.6 is 0 Å². The molecule has 2 heterocycles. The highest BCUT2D eigenvalue weighted by atomic mass is 16.6. The molecule has 0 unspecified atom stereocenters. The Labute approximate surface area is 162 Å². The number of benzene rings is 1. The number of carbonyl (C=O) groups is 2. The summed E-state index contributed by atoms with van der Waals surface area (Å²) < 4.78 is 12.6. The third-order valence-electron chi connectivity index (χ3n) is 5.27. The number of carboxylic acid groups (broad SMARTS) is 1. The van der Waals surface area contributed by atoms with Crippen LogP contribution in [0.4, 0.5) is 0 Å². The van der Waals surface area contributed by atoms with E-state index >= 15 is 0 Å². The van der Waals surface area contributed by atoms with Crippen LogP contribution in [0.3, 0.4) is 0 Å². The van der Waals surface area contributed by atoms with Gasteiger partial charge < -0.3 is 19.9 Å². The molecule has 0 saturated heterocycles. The average molecular weight is 388 g/mol. The molecule has 0 spiro atoms. The summed E-state index contributed by atoms with van der Waals surface area (Å²) in [7, 11) is 0. The van der Waals surface area contributed by atoms with Crippen molar-refractivity contribution >= 4 is 11.9 Å². The number of rotatable bonds is 7. The van der Waals surface area contributed by atoms with E-state index in [9.17, 15) is 14.7 Å². The number of nitrogens with one attached hydrogen (secondary N) is 1. The molecule has 1 amide bonds. The van der Waals surface area contributed by atoms with Crippen molar-refractivity contribution in [2.75, 3.05) is 19.8 Å². The summed E-state index contributed by atoms with van der Waals surface area (Å²) in [5.74, 6) is -0.0973. The van der Waals surface area contributed by atoms with Gasteiger partial charge in [0.2, 0.25) is 0 Å². The van der Waals surface area contributed by atoms with Crippen molar-refractivity contribution in [3.05, 3.63) is 29.6 Å². The summed E-state index contributed by atoms with van der Waals surface area (Å²) in [6, 6.07) is 5.37. The minimum Gasteiger partial charge on any atom is -0.486 e. The second kappa shape index (κ2) is 7.87. The molecule has 0 aliphatic carbocycles. The molecule has 150 valence electrons. The van der Waals surface area contributed by atoms with Crippen LogP contribution in [0, 0.1) is 12.3 Å². The first-order valence-electron chi connectivity index (χ1n) is 9.25. The highest BCUT2D eigenvalue weighted by molar-refractivity contribution is 5.93. The molecule has 2 aromatic rings. The van der Waals surface area contributed by atoms with Crippen molar-refractivity contribution in [1.82, 2.24) is 20.3 Å². The molecule has 0 saturated carbocycles. The third-order valence-corrected chi connectivity index (χ3v) is 5.27. The Morgan fingerprint density at radius 3 is 2.54 bits per heavy atom. The summed E-state index contributed by atoms with van der Waals surface area (Å²) >= 11 is 0. The molecule has 2 N–H and O–H groups in total. The number of hydrogen-bond acceptors (Lipinski definition) is 6. The maximum Gasteiger partial charge on any atom is 0.311 e. The summed E-state index contributed by atoms with van der Waals surface area (Å²) in [6.45, 7) is 6.34. The molecule has 28 heavy (non-hydrogen) atoms. The van der Waals surface area contributed by atoms with Gasteiger partial charge in [0.05, 0.1) is 16.8 Å². The number of hydrogen-bond donors (Lipinski definition) is 2. The maximum atomic E-state index is 12.6. The van der Waals surface area contributed by atoms with E-state index in [1.165, 1.54) is 4.68 Å². The molecule has 9 nitrogen and oxygen atoms in total. The van der Waals surface area contributed by atoms with Gasteiger partial charge in [0.15, 0.2) is 17.2 Å². The van der Waals surface area contributed by atoms with Crippen LogP contribution < -0.4 is 14.8 Å². The van der Waals surface area contributed by atoms with Crippen molar-refractivity contribution < 1.29 is 24.2 Å². The van der Waals surface area contributed by atoms with E-state index in [1.807, 2.05) is 0 Å². The van der Waals surface area contributed by atoms with Crippen molar-refractivity contribution in [3.63, 3.8) is 0 Å². The van der Waals surface area contributed by atoms with Gasteiger partial charge in [-0.05, 0) is 31.9 Å². The normalized spacial score (nSPS) is 13.2. The summed E-state index contributed by atoms with van der Waals surface area (Å²) in [5.41, 5.74) is 0.398. The van der Waals surface area contributed by atoms with Gasteiger partial charge in [-0.3, -0.25) is 9.59 Å². The molecule has 0 atom stereocenters.